The Bertz CT molecular complexity index is 3180. The number of fused-ring (bicyclic) bond motifs is 10. The van der Waals surface area contributed by atoms with Crippen LogP contribution in [0.2, 0.25) is 0 Å². The molecular weight excluding hydrogens is 701 g/mol. The summed E-state index contributed by atoms with van der Waals surface area (Å²) in [6, 6.07) is 57.7. The van der Waals surface area contributed by atoms with E-state index in [2.05, 4.69) is 127 Å². The van der Waals surface area contributed by atoms with Gasteiger partial charge in [-0.3, -0.25) is 0 Å². The zero-order valence-electron chi connectivity index (χ0n) is 27.7. The van der Waals surface area contributed by atoms with Gasteiger partial charge in [0.1, 0.15) is 0 Å². The SMILES string of the molecule is c1ccc(-c2nc(-c3ccc4c(c3)oc3ccccc34)nc(-c3cc4ccccc4c4c3ccc3c5cccc(-c6ccccc6)c5[se]c34)n2)cc1. The first kappa shape index (κ1) is 29.4. The molecule has 3 aromatic heterocycles. The van der Waals surface area contributed by atoms with E-state index < -0.39 is 0 Å². The molecule has 5 heteroatoms. The Morgan fingerprint density at radius 2 is 0.981 bits per heavy atom. The van der Waals surface area contributed by atoms with E-state index in [-0.39, 0.29) is 14.5 Å². The molecule has 0 saturated carbocycles. The van der Waals surface area contributed by atoms with Crippen molar-refractivity contribution in [2.24, 2.45) is 0 Å². The van der Waals surface area contributed by atoms with Crippen molar-refractivity contribution in [1.82, 2.24) is 15.0 Å². The Balaban J connectivity index is 1.19. The number of hydrogen-bond acceptors (Lipinski definition) is 4. The van der Waals surface area contributed by atoms with Gasteiger partial charge < -0.3 is 0 Å². The number of benzene rings is 8. The number of nitrogens with zero attached hydrogens (tertiary/aromatic N) is 3. The van der Waals surface area contributed by atoms with Crippen molar-refractivity contribution in [1.29, 1.82) is 0 Å². The fraction of sp³-hybridized carbons (Fsp3) is 0. The summed E-state index contributed by atoms with van der Waals surface area (Å²) < 4.78 is 9.14. The van der Waals surface area contributed by atoms with E-state index in [1.54, 1.807) is 0 Å². The van der Waals surface area contributed by atoms with Crippen LogP contribution in [0.1, 0.15) is 0 Å². The second-order valence-corrected chi connectivity index (χ2v) is 15.3. The van der Waals surface area contributed by atoms with Crippen LogP contribution < -0.4 is 0 Å². The van der Waals surface area contributed by atoms with Crippen LogP contribution in [-0.2, 0) is 0 Å². The van der Waals surface area contributed by atoms with Gasteiger partial charge >= 0.3 is 281 Å². The van der Waals surface area contributed by atoms with E-state index in [9.17, 15) is 0 Å². The Hall–Kier alpha value is -6.39. The maximum atomic E-state index is 6.29. The third-order valence-corrected chi connectivity index (χ3v) is 12.8. The van der Waals surface area contributed by atoms with Gasteiger partial charge in [-0.05, 0) is 6.07 Å². The molecule has 3 heterocycles. The summed E-state index contributed by atoms with van der Waals surface area (Å²) in [6.07, 6.45) is 0. The summed E-state index contributed by atoms with van der Waals surface area (Å²) in [5.74, 6) is 1.90. The topological polar surface area (TPSA) is 51.8 Å². The van der Waals surface area contributed by atoms with Crippen molar-refractivity contribution in [2.75, 3.05) is 0 Å². The molecule has 0 radical (unpaired) electrons. The molecule has 0 aliphatic carbocycles. The summed E-state index contributed by atoms with van der Waals surface area (Å²) in [5.41, 5.74) is 7.07. The Morgan fingerprint density at radius 1 is 0.365 bits per heavy atom. The van der Waals surface area contributed by atoms with Crippen LogP contribution in [0.5, 0.6) is 0 Å². The van der Waals surface area contributed by atoms with Crippen LogP contribution in [0, 0.1) is 0 Å². The van der Waals surface area contributed by atoms with E-state index in [1.807, 2.05) is 36.4 Å². The molecule has 0 aliphatic heterocycles. The predicted octanol–water partition coefficient (Wildman–Crippen LogP) is 12.1. The van der Waals surface area contributed by atoms with Crippen molar-refractivity contribution in [3.05, 3.63) is 164 Å². The molecule has 0 atom stereocenters. The summed E-state index contributed by atoms with van der Waals surface area (Å²) in [7, 11) is 0. The number of hydrogen-bond donors (Lipinski definition) is 0. The number of para-hydroxylation sites is 1. The van der Waals surface area contributed by atoms with Gasteiger partial charge in [0.15, 0.2) is 0 Å². The van der Waals surface area contributed by atoms with E-state index in [4.69, 9.17) is 19.4 Å². The monoisotopic (exact) mass is 729 g/mol. The van der Waals surface area contributed by atoms with Crippen molar-refractivity contribution < 1.29 is 4.42 Å². The summed E-state index contributed by atoms with van der Waals surface area (Å²) in [5, 5.41) is 9.68. The van der Waals surface area contributed by atoms with Gasteiger partial charge in [-0.1, -0.05) is 18.2 Å². The van der Waals surface area contributed by atoms with Crippen LogP contribution in [0.25, 0.3) is 108 Å². The van der Waals surface area contributed by atoms with Crippen molar-refractivity contribution >= 4 is 77.3 Å². The predicted molar refractivity (Wildman–Crippen MR) is 216 cm³/mol. The van der Waals surface area contributed by atoms with Gasteiger partial charge in [-0.25, -0.2) is 0 Å². The summed E-state index contributed by atoms with van der Waals surface area (Å²) >= 11 is 0.0967. The van der Waals surface area contributed by atoms with E-state index in [0.717, 1.165) is 44.0 Å². The Labute approximate surface area is 304 Å². The van der Waals surface area contributed by atoms with Crippen LogP contribution in [0.4, 0.5) is 0 Å². The van der Waals surface area contributed by atoms with Gasteiger partial charge in [-0.2, -0.15) is 0 Å². The fourth-order valence-corrected chi connectivity index (χ4v) is 10.6. The molecule has 8 aromatic carbocycles. The van der Waals surface area contributed by atoms with Gasteiger partial charge in [0.2, 0.25) is 0 Å². The first-order chi connectivity index (χ1) is 25.8. The third kappa shape index (κ3) is 4.57. The Kier molecular flexibility index (Phi) is 6.53. The normalized spacial score (nSPS) is 11.8. The van der Waals surface area contributed by atoms with Crippen LogP contribution in [0.3, 0.4) is 0 Å². The van der Waals surface area contributed by atoms with Gasteiger partial charge in [0.05, 0.1) is 0 Å². The third-order valence-electron chi connectivity index (χ3n) is 10.1. The molecule has 0 aliphatic rings. The summed E-state index contributed by atoms with van der Waals surface area (Å²) in [4.78, 5) is 15.5. The molecule has 0 unspecified atom stereocenters. The molecule has 0 amide bonds. The maximum absolute atomic E-state index is 6.29. The second kappa shape index (κ2) is 11.6. The molecule has 11 rings (SSSR count). The zero-order valence-corrected chi connectivity index (χ0v) is 29.5. The number of furan rings is 1. The summed E-state index contributed by atoms with van der Waals surface area (Å²) in [6.45, 7) is 0. The average molecular weight is 729 g/mol. The first-order valence-corrected chi connectivity index (χ1v) is 19.1. The molecule has 0 spiro atoms. The van der Waals surface area contributed by atoms with E-state index in [1.165, 1.54) is 46.6 Å². The minimum atomic E-state index is 0.0967. The van der Waals surface area contributed by atoms with Crippen LogP contribution in [-0.4, -0.2) is 29.5 Å². The van der Waals surface area contributed by atoms with Gasteiger partial charge in [0.25, 0.3) is 0 Å². The van der Waals surface area contributed by atoms with Crippen molar-refractivity contribution in [2.45, 2.75) is 0 Å². The van der Waals surface area contributed by atoms with E-state index in [0.29, 0.717) is 17.5 Å². The fourth-order valence-electron chi connectivity index (χ4n) is 7.67. The second-order valence-electron chi connectivity index (χ2n) is 13.1. The van der Waals surface area contributed by atoms with Crippen LogP contribution in [0.15, 0.2) is 168 Å². The molecule has 4 nitrogen and oxygen atoms in total. The molecule has 0 N–H and O–H groups in total. The molecule has 52 heavy (non-hydrogen) atoms. The number of aromatic nitrogens is 3. The molecule has 242 valence electrons. The minimum absolute atomic E-state index is 0.0967. The van der Waals surface area contributed by atoms with Gasteiger partial charge in [-0.15, -0.1) is 0 Å². The Morgan fingerprint density at radius 3 is 1.83 bits per heavy atom. The average Bonchev–Trinajstić information content (AvgIpc) is 3.79. The number of rotatable bonds is 4. The molecule has 0 saturated heterocycles. The molecular formula is C47H27N3OSe. The van der Waals surface area contributed by atoms with E-state index >= 15 is 0 Å². The van der Waals surface area contributed by atoms with Crippen LogP contribution >= 0.6 is 0 Å². The van der Waals surface area contributed by atoms with Gasteiger partial charge in [0, 0.05) is 0 Å². The first-order valence-electron chi connectivity index (χ1n) is 17.4. The van der Waals surface area contributed by atoms with Crippen molar-refractivity contribution in [3.8, 4) is 45.3 Å². The standard InChI is InChI=1S/C47H27N3OSe/c1-3-12-28(13-4-1)33-19-11-20-37-38-25-24-36-39(26-30-16-7-8-17-32(30)42(36)44(38)52-43(33)37)47-49-45(29-14-5-2-6-15-29)48-46(50-47)31-22-23-35-34-18-9-10-21-40(34)51-41(35)27-31/h1-27H. The quantitative estimate of drug-likeness (QED) is 0.134. The molecule has 11 aromatic rings. The zero-order chi connectivity index (χ0) is 34.2. The van der Waals surface area contributed by atoms with Crippen molar-refractivity contribution in [3.63, 3.8) is 0 Å². The molecule has 0 fully saturated rings. The molecule has 0 bridgehead atoms.